The average Bonchev–Trinajstić information content (AvgIpc) is 2.29. The summed E-state index contributed by atoms with van der Waals surface area (Å²) < 4.78 is 19.5. The number of aryl methyl sites for hydroxylation is 1. The molecule has 0 bridgehead atoms. The fraction of sp³-hybridized carbons (Fsp3) is 0.385. The molecular weight excluding hydrogens is 364 g/mol. The smallest absolute Gasteiger partial charge is 0.302 e. The van der Waals surface area contributed by atoms with Crippen LogP contribution in [0.3, 0.4) is 0 Å². The van der Waals surface area contributed by atoms with Gasteiger partial charge in [0.1, 0.15) is 12.4 Å². The first-order valence-electron chi connectivity index (χ1n) is 5.70. The molecule has 0 saturated carbocycles. The first kappa shape index (κ1) is 15.9. The van der Waals surface area contributed by atoms with Crippen LogP contribution in [-0.4, -0.2) is 25.0 Å². The fourth-order valence-corrected chi connectivity index (χ4v) is 2.01. The molecule has 0 heterocycles. The number of halogens is 2. The summed E-state index contributed by atoms with van der Waals surface area (Å²) in [6.07, 6.45) is 0. The number of benzene rings is 1. The quantitative estimate of drug-likeness (QED) is 0.597. The van der Waals surface area contributed by atoms with Gasteiger partial charge in [-0.15, -0.1) is 0 Å². The van der Waals surface area contributed by atoms with Crippen LogP contribution in [0.1, 0.15) is 19.4 Å². The number of esters is 1. The zero-order valence-electron chi connectivity index (χ0n) is 11.0. The van der Waals surface area contributed by atoms with Crippen molar-refractivity contribution in [2.24, 2.45) is 0 Å². The van der Waals surface area contributed by atoms with Gasteiger partial charge in [0.05, 0.1) is 12.2 Å². The third kappa shape index (κ3) is 4.45. The molecule has 1 aromatic rings. The lowest BCUT2D eigenvalue weighted by molar-refractivity contribution is -0.140. The number of hydrogen-bond acceptors (Lipinski definition) is 3. The lowest BCUT2D eigenvalue weighted by Gasteiger charge is -2.22. The SMILES string of the molecule is CC(=O)OCCN(C(C)=O)c1cc(C)c(I)cc1F. The van der Waals surface area contributed by atoms with Gasteiger partial charge in [-0.3, -0.25) is 9.59 Å². The fourth-order valence-electron chi connectivity index (χ4n) is 1.58. The van der Waals surface area contributed by atoms with Crippen molar-refractivity contribution in [3.05, 3.63) is 27.1 Å². The molecule has 19 heavy (non-hydrogen) atoms. The summed E-state index contributed by atoms with van der Waals surface area (Å²) in [6, 6.07) is 3.00. The molecule has 0 atom stereocenters. The summed E-state index contributed by atoms with van der Waals surface area (Å²) in [6.45, 7) is 4.65. The zero-order valence-corrected chi connectivity index (χ0v) is 13.2. The first-order chi connectivity index (χ1) is 8.82. The van der Waals surface area contributed by atoms with E-state index in [9.17, 15) is 14.0 Å². The predicted octanol–water partition coefficient (Wildman–Crippen LogP) is 2.65. The van der Waals surface area contributed by atoms with Crippen LogP contribution < -0.4 is 4.90 Å². The van der Waals surface area contributed by atoms with E-state index >= 15 is 0 Å². The second-order valence-corrected chi connectivity index (χ2v) is 5.23. The lowest BCUT2D eigenvalue weighted by atomic mass is 10.2. The maximum absolute atomic E-state index is 13.9. The second-order valence-electron chi connectivity index (χ2n) is 4.06. The van der Waals surface area contributed by atoms with E-state index in [0.717, 1.165) is 9.13 Å². The number of rotatable bonds is 4. The Balaban J connectivity index is 2.96. The topological polar surface area (TPSA) is 46.6 Å². The molecule has 0 aliphatic rings. The summed E-state index contributed by atoms with van der Waals surface area (Å²) >= 11 is 2.03. The normalized spacial score (nSPS) is 10.2. The summed E-state index contributed by atoms with van der Waals surface area (Å²) in [5.41, 5.74) is 1.09. The number of carbonyl (C=O) groups excluding carboxylic acids is 2. The summed E-state index contributed by atoms with van der Waals surface area (Å²) in [5.74, 6) is -1.19. The zero-order chi connectivity index (χ0) is 14.6. The highest BCUT2D eigenvalue weighted by molar-refractivity contribution is 14.1. The Hall–Kier alpha value is -1.18. The lowest BCUT2D eigenvalue weighted by Crippen LogP contribution is -2.33. The first-order valence-corrected chi connectivity index (χ1v) is 6.78. The van der Waals surface area contributed by atoms with E-state index in [4.69, 9.17) is 4.74 Å². The number of carbonyl (C=O) groups is 2. The van der Waals surface area contributed by atoms with Crippen LogP contribution in [0.4, 0.5) is 10.1 Å². The number of ether oxygens (including phenoxy) is 1. The van der Waals surface area contributed by atoms with Crippen molar-refractivity contribution in [3.63, 3.8) is 0 Å². The second kappa shape index (κ2) is 6.83. The molecule has 0 aliphatic carbocycles. The summed E-state index contributed by atoms with van der Waals surface area (Å²) in [5, 5.41) is 0. The van der Waals surface area contributed by atoms with Crippen molar-refractivity contribution in [1.82, 2.24) is 0 Å². The number of anilines is 1. The van der Waals surface area contributed by atoms with Gasteiger partial charge >= 0.3 is 5.97 Å². The van der Waals surface area contributed by atoms with Gasteiger partial charge in [-0.2, -0.15) is 0 Å². The van der Waals surface area contributed by atoms with E-state index in [2.05, 4.69) is 0 Å². The monoisotopic (exact) mass is 379 g/mol. The highest BCUT2D eigenvalue weighted by atomic mass is 127. The standard InChI is InChI=1S/C13H15FINO3/c1-8-6-13(11(14)7-12(8)15)16(9(2)17)4-5-19-10(3)18/h6-7H,4-5H2,1-3H3. The van der Waals surface area contributed by atoms with Gasteiger partial charge in [0.25, 0.3) is 0 Å². The van der Waals surface area contributed by atoms with Crippen molar-refractivity contribution in [2.75, 3.05) is 18.1 Å². The molecule has 0 N–H and O–H groups in total. The molecule has 0 radical (unpaired) electrons. The maximum Gasteiger partial charge on any atom is 0.302 e. The van der Waals surface area contributed by atoms with Crippen LogP contribution in [0.25, 0.3) is 0 Å². The van der Waals surface area contributed by atoms with Gasteiger partial charge in [0.15, 0.2) is 0 Å². The number of hydrogen-bond donors (Lipinski definition) is 0. The Morgan fingerprint density at radius 3 is 2.53 bits per heavy atom. The Kier molecular flexibility index (Phi) is 5.71. The van der Waals surface area contributed by atoms with Gasteiger partial charge in [-0.05, 0) is 47.2 Å². The molecule has 1 aromatic carbocycles. The average molecular weight is 379 g/mol. The van der Waals surface area contributed by atoms with Crippen LogP contribution in [0.2, 0.25) is 0 Å². The number of nitrogens with zero attached hydrogens (tertiary/aromatic N) is 1. The molecule has 0 aromatic heterocycles. The molecule has 4 nitrogen and oxygen atoms in total. The minimum absolute atomic E-state index is 0.0411. The van der Waals surface area contributed by atoms with Crippen molar-refractivity contribution in [2.45, 2.75) is 20.8 Å². The van der Waals surface area contributed by atoms with Gasteiger partial charge < -0.3 is 9.64 Å². The van der Waals surface area contributed by atoms with E-state index in [1.807, 2.05) is 29.5 Å². The maximum atomic E-state index is 13.9. The van der Waals surface area contributed by atoms with E-state index in [-0.39, 0.29) is 24.7 Å². The van der Waals surface area contributed by atoms with Crippen LogP contribution in [-0.2, 0) is 14.3 Å². The molecule has 6 heteroatoms. The third-order valence-corrected chi connectivity index (χ3v) is 3.68. The van der Waals surface area contributed by atoms with Gasteiger partial charge in [-0.1, -0.05) is 0 Å². The summed E-state index contributed by atoms with van der Waals surface area (Å²) in [7, 11) is 0. The summed E-state index contributed by atoms with van der Waals surface area (Å²) in [4.78, 5) is 23.5. The van der Waals surface area contributed by atoms with Crippen LogP contribution in [0.5, 0.6) is 0 Å². The Morgan fingerprint density at radius 2 is 2.00 bits per heavy atom. The largest absolute Gasteiger partial charge is 0.464 e. The Bertz CT molecular complexity index is 505. The van der Waals surface area contributed by atoms with E-state index < -0.39 is 11.8 Å². The third-order valence-electron chi connectivity index (χ3n) is 2.52. The van der Waals surface area contributed by atoms with E-state index in [1.54, 1.807) is 6.07 Å². The van der Waals surface area contributed by atoms with Crippen LogP contribution >= 0.6 is 22.6 Å². The molecule has 104 valence electrons. The van der Waals surface area contributed by atoms with Gasteiger partial charge in [-0.25, -0.2) is 4.39 Å². The van der Waals surface area contributed by atoms with Crippen molar-refractivity contribution >= 4 is 40.2 Å². The molecule has 0 spiro atoms. The predicted molar refractivity (Wildman–Crippen MR) is 78.5 cm³/mol. The van der Waals surface area contributed by atoms with Crippen LogP contribution in [0, 0.1) is 16.3 Å². The number of amides is 1. The minimum Gasteiger partial charge on any atom is -0.464 e. The van der Waals surface area contributed by atoms with E-state index in [0.29, 0.717) is 0 Å². The highest BCUT2D eigenvalue weighted by Crippen LogP contribution is 2.24. The Morgan fingerprint density at radius 1 is 1.37 bits per heavy atom. The van der Waals surface area contributed by atoms with Crippen LogP contribution in [0.15, 0.2) is 12.1 Å². The van der Waals surface area contributed by atoms with Crippen molar-refractivity contribution in [3.8, 4) is 0 Å². The molecule has 0 aliphatic heterocycles. The Labute approximate surface area is 125 Å². The molecular formula is C13H15FINO3. The molecule has 0 saturated heterocycles. The van der Waals surface area contributed by atoms with Gasteiger partial charge in [0.2, 0.25) is 5.91 Å². The van der Waals surface area contributed by atoms with Crippen molar-refractivity contribution in [1.29, 1.82) is 0 Å². The van der Waals surface area contributed by atoms with Crippen molar-refractivity contribution < 1.29 is 18.7 Å². The highest BCUT2D eigenvalue weighted by Gasteiger charge is 2.17. The van der Waals surface area contributed by atoms with Gasteiger partial charge in [0, 0.05) is 17.4 Å². The van der Waals surface area contributed by atoms with E-state index in [1.165, 1.54) is 24.8 Å². The molecule has 1 rings (SSSR count). The molecule has 0 fully saturated rings. The molecule has 0 unspecified atom stereocenters. The minimum atomic E-state index is -0.465. The molecule has 1 amide bonds.